The van der Waals surface area contributed by atoms with Crippen LogP contribution in [-0.4, -0.2) is 35.7 Å². The van der Waals surface area contributed by atoms with E-state index in [1.807, 2.05) is 13.8 Å². The fourth-order valence-corrected chi connectivity index (χ4v) is 3.66. The summed E-state index contributed by atoms with van der Waals surface area (Å²) in [6.45, 7) is 5.26. The van der Waals surface area contributed by atoms with Crippen LogP contribution in [0.5, 0.6) is 0 Å². The molecule has 1 aliphatic rings. The molecule has 0 aromatic heterocycles. The zero-order valence-corrected chi connectivity index (χ0v) is 15.9. The number of esters is 1. The molecule has 1 N–H and O–H groups in total. The van der Waals surface area contributed by atoms with Gasteiger partial charge in [0.15, 0.2) is 0 Å². The Labute approximate surface area is 157 Å². The number of nitrogens with zero attached hydrogens (tertiary/aromatic N) is 1. The van der Waals surface area contributed by atoms with Gasteiger partial charge in [0, 0.05) is 30.4 Å². The number of non-ortho nitro benzene ring substituents is 1. The zero-order chi connectivity index (χ0) is 20.4. The fraction of sp³-hybridized carbons (Fsp3) is 0.526. The van der Waals surface area contributed by atoms with Gasteiger partial charge in [0.2, 0.25) is 5.91 Å². The molecule has 146 valence electrons. The van der Waals surface area contributed by atoms with Crippen LogP contribution < -0.4 is 5.32 Å². The van der Waals surface area contributed by atoms with Gasteiger partial charge in [-0.3, -0.25) is 19.7 Å². The van der Waals surface area contributed by atoms with Crippen LogP contribution in [0.1, 0.15) is 32.8 Å². The first-order valence-electron chi connectivity index (χ1n) is 8.70. The molecular weight excluding hydrogens is 352 g/mol. The van der Waals surface area contributed by atoms with Crippen molar-refractivity contribution in [2.24, 2.45) is 17.3 Å². The molecule has 3 unspecified atom stereocenters. The summed E-state index contributed by atoms with van der Waals surface area (Å²) in [5, 5.41) is 13.4. The molecular formula is C19H24N2O6. The van der Waals surface area contributed by atoms with Gasteiger partial charge >= 0.3 is 5.97 Å². The molecule has 1 amide bonds. The van der Waals surface area contributed by atoms with E-state index in [4.69, 9.17) is 4.74 Å². The molecule has 0 aliphatic heterocycles. The van der Waals surface area contributed by atoms with Gasteiger partial charge in [0.1, 0.15) is 11.8 Å². The highest BCUT2D eigenvalue weighted by atomic mass is 16.6. The molecule has 1 aromatic carbocycles. The number of methoxy groups -OCH3 is 1. The number of nitro groups is 1. The van der Waals surface area contributed by atoms with Crippen molar-refractivity contribution >= 4 is 23.3 Å². The standard InChI is InChI=1S/C19H24N2O6/c1-11(22)14-10-15(19(14,2)3)17(23)20-16(18(24)27-4)9-12-5-7-13(8-6-12)21(25)26/h5-8,14-16H,9-10H2,1-4H3,(H,20,23). The lowest BCUT2D eigenvalue weighted by Crippen LogP contribution is -2.57. The third-order valence-corrected chi connectivity index (χ3v) is 5.46. The summed E-state index contributed by atoms with van der Waals surface area (Å²) >= 11 is 0. The molecule has 27 heavy (non-hydrogen) atoms. The number of rotatable bonds is 7. The molecule has 0 heterocycles. The maximum atomic E-state index is 12.7. The van der Waals surface area contributed by atoms with E-state index in [-0.39, 0.29) is 35.6 Å². The topological polar surface area (TPSA) is 116 Å². The van der Waals surface area contributed by atoms with Crippen LogP contribution in [0.4, 0.5) is 5.69 Å². The molecule has 1 saturated carbocycles. The molecule has 1 fully saturated rings. The van der Waals surface area contributed by atoms with Crippen molar-refractivity contribution in [2.75, 3.05) is 7.11 Å². The van der Waals surface area contributed by atoms with E-state index in [1.54, 1.807) is 12.1 Å². The number of hydrogen-bond acceptors (Lipinski definition) is 6. The number of carbonyl (C=O) groups is 3. The Kier molecular flexibility index (Phi) is 5.98. The Hall–Kier alpha value is -2.77. The zero-order valence-electron chi connectivity index (χ0n) is 15.9. The number of nitrogens with one attached hydrogen (secondary N) is 1. The third kappa shape index (κ3) is 4.32. The number of ketones is 1. The molecule has 8 heteroatoms. The van der Waals surface area contributed by atoms with Gasteiger partial charge in [-0.1, -0.05) is 26.0 Å². The van der Waals surface area contributed by atoms with Crippen molar-refractivity contribution in [2.45, 2.75) is 39.7 Å². The Balaban J connectivity index is 2.09. The fourth-order valence-electron chi connectivity index (χ4n) is 3.66. The summed E-state index contributed by atoms with van der Waals surface area (Å²) < 4.78 is 4.77. The Bertz CT molecular complexity index is 756. The Morgan fingerprint density at radius 1 is 1.26 bits per heavy atom. The molecule has 0 bridgehead atoms. The monoisotopic (exact) mass is 376 g/mol. The lowest BCUT2D eigenvalue weighted by molar-refractivity contribution is -0.384. The number of hydrogen-bond donors (Lipinski definition) is 1. The molecule has 2 rings (SSSR count). The number of nitro benzene ring substituents is 1. The van der Waals surface area contributed by atoms with E-state index >= 15 is 0 Å². The van der Waals surface area contributed by atoms with Crippen molar-refractivity contribution in [1.29, 1.82) is 0 Å². The number of amides is 1. The summed E-state index contributed by atoms with van der Waals surface area (Å²) in [7, 11) is 1.23. The first kappa shape index (κ1) is 20.5. The smallest absolute Gasteiger partial charge is 0.328 e. The van der Waals surface area contributed by atoms with Crippen LogP contribution >= 0.6 is 0 Å². The van der Waals surface area contributed by atoms with Crippen LogP contribution in [0.3, 0.4) is 0 Å². The van der Waals surface area contributed by atoms with Gasteiger partial charge in [0.05, 0.1) is 12.0 Å². The maximum absolute atomic E-state index is 12.7. The highest BCUT2D eigenvalue weighted by Crippen LogP contribution is 2.51. The minimum absolute atomic E-state index is 0.0519. The predicted octanol–water partition coefficient (Wildman–Crippen LogP) is 2.05. The number of ether oxygens (including phenoxy) is 1. The molecule has 0 saturated heterocycles. The quantitative estimate of drug-likeness (QED) is 0.442. The second-order valence-corrected chi connectivity index (χ2v) is 7.48. The van der Waals surface area contributed by atoms with Crippen molar-refractivity contribution in [3.63, 3.8) is 0 Å². The van der Waals surface area contributed by atoms with E-state index in [2.05, 4.69) is 5.32 Å². The first-order chi connectivity index (χ1) is 12.6. The molecule has 0 radical (unpaired) electrons. The van der Waals surface area contributed by atoms with Crippen LogP contribution in [-0.2, 0) is 25.5 Å². The summed E-state index contributed by atoms with van der Waals surface area (Å²) in [5.74, 6) is -1.37. The van der Waals surface area contributed by atoms with Gasteiger partial charge in [0.25, 0.3) is 5.69 Å². The van der Waals surface area contributed by atoms with Crippen LogP contribution in [0.15, 0.2) is 24.3 Å². The Morgan fingerprint density at radius 2 is 1.85 bits per heavy atom. The van der Waals surface area contributed by atoms with Crippen molar-refractivity contribution in [3.05, 3.63) is 39.9 Å². The summed E-state index contributed by atoms with van der Waals surface area (Å²) in [5.41, 5.74) is 0.138. The maximum Gasteiger partial charge on any atom is 0.328 e. The van der Waals surface area contributed by atoms with E-state index < -0.39 is 22.3 Å². The minimum Gasteiger partial charge on any atom is -0.467 e. The average molecular weight is 376 g/mol. The second-order valence-electron chi connectivity index (χ2n) is 7.48. The van der Waals surface area contributed by atoms with E-state index in [1.165, 1.54) is 26.2 Å². The molecule has 8 nitrogen and oxygen atoms in total. The van der Waals surface area contributed by atoms with Gasteiger partial charge in [-0.25, -0.2) is 4.79 Å². The largest absolute Gasteiger partial charge is 0.467 e. The van der Waals surface area contributed by atoms with Crippen molar-refractivity contribution in [1.82, 2.24) is 5.32 Å². The molecule has 1 aliphatic carbocycles. The first-order valence-corrected chi connectivity index (χ1v) is 8.70. The van der Waals surface area contributed by atoms with Crippen molar-refractivity contribution in [3.8, 4) is 0 Å². The third-order valence-electron chi connectivity index (χ3n) is 5.46. The van der Waals surface area contributed by atoms with E-state index in [0.29, 0.717) is 12.0 Å². The van der Waals surface area contributed by atoms with Crippen LogP contribution in [0.25, 0.3) is 0 Å². The predicted molar refractivity (Wildman–Crippen MR) is 96.8 cm³/mol. The van der Waals surface area contributed by atoms with Crippen LogP contribution in [0, 0.1) is 27.4 Å². The van der Waals surface area contributed by atoms with Crippen LogP contribution in [0.2, 0.25) is 0 Å². The number of benzene rings is 1. The number of carbonyl (C=O) groups excluding carboxylic acids is 3. The summed E-state index contributed by atoms with van der Waals surface area (Å²) in [6, 6.07) is 4.87. The van der Waals surface area contributed by atoms with Gasteiger partial charge in [-0.05, 0) is 24.3 Å². The Morgan fingerprint density at radius 3 is 2.30 bits per heavy atom. The molecule has 3 atom stereocenters. The SMILES string of the molecule is COC(=O)C(Cc1ccc([N+](=O)[O-])cc1)NC(=O)C1CC(C(C)=O)C1(C)C. The lowest BCUT2D eigenvalue weighted by atomic mass is 9.53. The summed E-state index contributed by atoms with van der Waals surface area (Å²) in [6.07, 6.45) is 0.610. The van der Waals surface area contributed by atoms with E-state index in [0.717, 1.165) is 0 Å². The van der Waals surface area contributed by atoms with Gasteiger partial charge < -0.3 is 10.1 Å². The lowest BCUT2D eigenvalue weighted by Gasteiger charge is -2.50. The van der Waals surface area contributed by atoms with E-state index in [9.17, 15) is 24.5 Å². The van der Waals surface area contributed by atoms with Crippen molar-refractivity contribution < 1.29 is 24.0 Å². The summed E-state index contributed by atoms with van der Waals surface area (Å²) in [4.78, 5) is 46.6. The second kappa shape index (κ2) is 7.85. The highest BCUT2D eigenvalue weighted by Gasteiger charge is 2.53. The highest BCUT2D eigenvalue weighted by molar-refractivity contribution is 5.90. The molecule has 0 spiro atoms. The van der Waals surface area contributed by atoms with Gasteiger partial charge in [-0.2, -0.15) is 0 Å². The normalized spacial score (nSPS) is 21.5. The number of Topliss-reactive ketones (excluding diaryl/α,β-unsaturated/α-hetero) is 1. The van der Waals surface area contributed by atoms with Gasteiger partial charge in [-0.15, -0.1) is 0 Å². The minimum atomic E-state index is -0.906. The molecule has 1 aromatic rings. The average Bonchev–Trinajstić information content (AvgIpc) is 2.59.